The number of hydrogen-bond acceptors (Lipinski definition) is 5. The van der Waals surface area contributed by atoms with Crippen LogP contribution in [0.15, 0.2) is 35.6 Å². The Morgan fingerprint density at radius 2 is 1.90 bits per heavy atom. The van der Waals surface area contributed by atoms with Crippen LogP contribution in [0.2, 0.25) is 0 Å². The summed E-state index contributed by atoms with van der Waals surface area (Å²) in [5.74, 6) is 0.286. The fourth-order valence-electron chi connectivity index (χ4n) is 4.61. The molecule has 31 heavy (non-hydrogen) atoms. The van der Waals surface area contributed by atoms with Gasteiger partial charge in [-0.1, -0.05) is 32.4 Å². The molecule has 0 spiro atoms. The first kappa shape index (κ1) is 23.5. The van der Waals surface area contributed by atoms with Gasteiger partial charge >= 0.3 is 0 Å². The zero-order valence-corrected chi connectivity index (χ0v) is 19.6. The highest BCUT2D eigenvalue weighted by Gasteiger charge is 2.30. The molecule has 2 heterocycles. The molecule has 0 radical (unpaired) electrons. The topological polar surface area (TPSA) is 42.4 Å². The summed E-state index contributed by atoms with van der Waals surface area (Å²) in [6.45, 7) is 15.8. The van der Waals surface area contributed by atoms with Gasteiger partial charge in [-0.25, -0.2) is 5.01 Å². The zero-order valence-electron chi connectivity index (χ0n) is 19.6. The van der Waals surface area contributed by atoms with Crippen molar-refractivity contribution in [2.75, 3.05) is 44.3 Å². The summed E-state index contributed by atoms with van der Waals surface area (Å²) in [4.78, 5) is 19.8. The fourth-order valence-corrected chi connectivity index (χ4v) is 4.61. The Morgan fingerprint density at radius 3 is 2.52 bits per heavy atom. The lowest BCUT2D eigenvalue weighted by atomic mass is 9.91. The summed E-state index contributed by atoms with van der Waals surface area (Å²) in [7, 11) is 0. The number of rotatable bonds is 6. The van der Waals surface area contributed by atoms with Gasteiger partial charge in [-0.15, -0.1) is 0 Å². The smallest absolute Gasteiger partial charge is 0.236 e. The van der Waals surface area contributed by atoms with Crippen LogP contribution in [0.3, 0.4) is 0 Å². The van der Waals surface area contributed by atoms with Crippen molar-refractivity contribution in [3.05, 3.63) is 41.6 Å². The molecule has 0 N–H and O–H groups in total. The average molecular weight is 426 g/mol. The minimum Gasteiger partial charge on any atom is -0.339 e. The number of nitrogens with zero attached hydrogens (tertiary/aromatic N) is 5. The van der Waals surface area contributed by atoms with E-state index in [2.05, 4.69) is 44.7 Å². The zero-order chi connectivity index (χ0) is 22.2. The first-order chi connectivity index (χ1) is 15.2. The maximum atomic E-state index is 12.8. The Bertz CT molecular complexity index is 765. The fraction of sp³-hybridized carbons (Fsp3) is 0.600. The van der Waals surface area contributed by atoms with Crippen molar-refractivity contribution in [3.63, 3.8) is 0 Å². The number of carbonyl (C=O) groups excluding carboxylic acids is 1. The van der Waals surface area contributed by atoms with E-state index in [1.54, 1.807) is 5.01 Å². The Morgan fingerprint density at radius 1 is 1.16 bits per heavy atom. The number of allylic oxidation sites excluding steroid dienone is 1. The van der Waals surface area contributed by atoms with Gasteiger partial charge in [0.15, 0.2) is 0 Å². The third-order valence-corrected chi connectivity index (χ3v) is 6.61. The molecule has 3 aliphatic rings. The lowest BCUT2D eigenvalue weighted by molar-refractivity contribution is -0.135. The molecule has 0 bridgehead atoms. The van der Waals surface area contributed by atoms with E-state index < -0.39 is 0 Å². The summed E-state index contributed by atoms with van der Waals surface area (Å²) in [6, 6.07) is 7.23. The second-order valence-electron chi connectivity index (χ2n) is 8.38. The SMILES string of the molecule is C=NN(/C=C\C)c1ccc2c(c1)CCN(CC(=O)N1CCN(C3CCC3)CC1)C2.CC. The molecule has 1 aromatic carbocycles. The van der Waals surface area contributed by atoms with Crippen LogP contribution in [0.25, 0.3) is 0 Å². The van der Waals surface area contributed by atoms with Gasteiger partial charge in [0.2, 0.25) is 5.91 Å². The molecule has 4 rings (SSSR count). The number of piperazine rings is 1. The van der Waals surface area contributed by atoms with Gasteiger partial charge in [-0.05, 0) is 49.4 Å². The van der Waals surface area contributed by atoms with E-state index in [1.165, 1.54) is 30.4 Å². The third-order valence-electron chi connectivity index (χ3n) is 6.61. The molecule has 1 aromatic rings. The van der Waals surface area contributed by atoms with Crippen molar-refractivity contribution in [3.8, 4) is 0 Å². The van der Waals surface area contributed by atoms with Gasteiger partial charge in [-0.2, -0.15) is 5.10 Å². The van der Waals surface area contributed by atoms with Crippen LogP contribution in [0.5, 0.6) is 0 Å². The average Bonchev–Trinajstić information content (AvgIpc) is 2.78. The second-order valence-corrected chi connectivity index (χ2v) is 8.38. The maximum Gasteiger partial charge on any atom is 0.236 e. The predicted molar refractivity (Wildman–Crippen MR) is 129 cm³/mol. The summed E-state index contributed by atoms with van der Waals surface area (Å²) in [6.07, 6.45) is 8.89. The highest BCUT2D eigenvalue weighted by molar-refractivity contribution is 5.78. The van der Waals surface area contributed by atoms with Gasteiger partial charge in [-0.3, -0.25) is 14.6 Å². The molecule has 6 heteroatoms. The van der Waals surface area contributed by atoms with E-state index in [1.807, 2.05) is 33.0 Å². The third kappa shape index (κ3) is 5.74. The van der Waals surface area contributed by atoms with E-state index >= 15 is 0 Å². The summed E-state index contributed by atoms with van der Waals surface area (Å²) < 4.78 is 0. The maximum absolute atomic E-state index is 12.8. The van der Waals surface area contributed by atoms with Crippen molar-refractivity contribution in [2.45, 2.75) is 59.0 Å². The van der Waals surface area contributed by atoms with Gasteiger partial charge < -0.3 is 4.90 Å². The van der Waals surface area contributed by atoms with Crippen LogP contribution in [0.4, 0.5) is 5.69 Å². The van der Waals surface area contributed by atoms with Crippen LogP contribution in [0.1, 0.15) is 51.2 Å². The Labute approximate surface area is 188 Å². The minimum absolute atomic E-state index is 0.286. The first-order valence-corrected chi connectivity index (χ1v) is 11.9. The number of fused-ring (bicyclic) bond motifs is 1. The van der Waals surface area contributed by atoms with Gasteiger partial charge in [0.25, 0.3) is 0 Å². The summed E-state index contributed by atoms with van der Waals surface area (Å²) >= 11 is 0. The molecule has 2 aliphatic heterocycles. The molecule has 0 aromatic heterocycles. The van der Waals surface area contributed by atoms with Crippen LogP contribution >= 0.6 is 0 Å². The van der Waals surface area contributed by atoms with E-state index in [0.29, 0.717) is 6.54 Å². The number of hydrazone groups is 1. The van der Waals surface area contributed by atoms with Crippen LogP contribution in [0, 0.1) is 0 Å². The largest absolute Gasteiger partial charge is 0.339 e. The van der Waals surface area contributed by atoms with E-state index in [0.717, 1.165) is 57.4 Å². The molecule has 1 aliphatic carbocycles. The second kappa shape index (κ2) is 11.4. The number of carbonyl (C=O) groups is 1. The minimum atomic E-state index is 0.286. The monoisotopic (exact) mass is 425 g/mol. The van der Waals surface area contributed by atoms with Crippen molar-refractivity contribution in [1.82, 2.24) is 14.7 Å². The molecule has 6 nitrogen and oxygen atoms in total. The molecule has 0 atom stereocenters. The van der Waals surface area contributed by atoms with Crippen molar-refractivity contribution >= 4 is 18.3 Å². The van der Waals surface area contributed by atoms with Crippen LogP contribution in [-0.4, -0.2) is 72.6 Å². The van der Waals surface area contributed by atoms with Crippen LogP contribution in [-0.2, 0) is 17.8 Å². The number of benzene rings is 1. The van der Waals surface area contributed by atoms with Gasteiger partial charge in [0.05, 0.1) is 12.2 Å². The van der Waals surface area contributed by atoms with Crippen molar-refractivity contribution in [2.24, 2.45) is 5.10 Å². The van der Waals surface area contributed by atoms with E-state index in [4.69, 9.17) is 0 Å². The first-order valence-electron chi connectivity index (χ1n) is 11.9. The lowest BCUT2D eigenvalue weighted by Crippen LogP contribution is -2.55. The highest BCUT2D eigenvalue weighted by atomic mass is 16.2. The molecule has 1 saturated carbocycles. The molecule has 2 fully saturated rings. The Balaban J connectivity index is 0.00000132. The normalized spacial score (nSPS) is 19.9. The molecule has 0 unspecified atom stereocenters. The highest BCUT2D eigenvalue weighted by Crippen LogP contribution is 2.27. The van der Waals surface area contributed by atoms with E-state index in [9.17, 15) is 4.79 Å². The molecule has 1 saturated heterocycles. The number of anilines is 1. The molecular formula is C25H39N5O. The lowest BCUT2D eigenvalue weighted by Gasteiger charge is -2.43. The van der Waals surface area contributed by atoms with Crippen molar-refractivity contribution in [1.29, 1.82) is 0 Å². The quantitative estimate of drug-likeness (QED) is 0.515. The van der Waals surface area contributed by atoms with Crippen LogP contribution < -0.4 is 5.01 Å². The van der Waals surface area contributed by atoms with Gasteiger partial charge in [0, 0.05) is 58.2 Å². The van der Waals surface area contributed by atoms with Gasteiger partial charge in [0.1, 0.15) is 0 Å². The summed E-state index contributed by atoms with van der Waals surface area (Å²) in [5.41, 5.74) is 3.69. The predicted octanol–water partition coefficient (Wildman–Crippen LogP) is 3.72. The number of amides is 1. The van der Waals surface area contributed by atoms with E-state index in [-0.39, 0.29) is 5.91 Å². The van der Waals surface area contributed by atoms with Crippen molar-refractivity contribution < 1.29 is 4.79 Å². The number of hydrogen-bond donors (Lipinski definition) is 0. The molecular weight excluding hydrogens is 386 g/mol. The Hall–Kier alpha value is -2.18. The Kier molecular flexibility index (Phi) is 8.67. The standard InChI is InChI=1S/C23H33N5O.C2H6/c1-3-10-28(24-2)22-8-7-20-17-25(11-9-19(20)16-22)18-23(29)27-14-12-26(13-15-27)21-5-4-6-21;1-2/h3,7-8,10,16,21H,2,4-6,9,11-15,17-18H2,1H3;1-2H3/b10-3-;. The molecule has 170 valence electrons. The molecule has 1 amide bonds. The summed E-state index contributed by atoms with van der Waals surface area (Å²) in [5, 5.41) is 5.85.